The van der Waals surface area contributed by atoms with E-state index < -0.39 is 6.29 Å². The first kappa shape index (κ1) is 17.1. The average molecular weight is 283 g/mol. The average Bonchev–Trinajstić information content (AvgIpc) is 2.51. The molecule has 1 rings (SSSR count). The second-order valence-electron chi connectivity index (χ2n) is 4.49. The molecule has 0 heterocycles. The lowest BCUT2D eigenvalue weighted by molar-refractivity contribution is -0.194. The van der Waals surface area contributed by atoms with Crippen LogP contribution in [0, 0.1) is 0 Å². The van der Waals surface area contributed by atoms with Gasteiger partial charge >= 0.3 is 0 Å². The zero-order valence-electron chi connectivity index (χ0n) is 12.0. The normalized spacial score (nSPS) is 14.2. The monoisotopic (exact) mass is 283 g/mol. The van der Waals surface area contributed by atoms with Gasteiger partial charge in [-0.2, -0.15) is 0 Å². The topological polar surface area (TPSA) is 71.0 Å². The maximum atomic E-state index is 9.15. The van der Waals surface area contributed by atoms with Crippen molar-refractivity contribution >= 4 is 0 Å². The molecule has 2 atom stereocenters. The molecule has 2 unspecified atom stereocenters. The number of rotatable bonds is 11. The molecule has 0 amide bonds. The van der Waals surface area contributed by atoms with E-state index in [4.69, 9.17) is 19.7 Å². The molecule has 0 aliphatic carbocycles. The van der Waals surface area contributed by atoms with Crippen LogP contribution in [0.3, 0.4) is 0 Å². The number of hydrogen-bond donors (Lipinski definition) is 3. The molecule has 1 aromatic rings. The molecule has 5 nitrogen and oxygen atoms in total. The summed E-state index contributed by atoms with van der Waals surface area (Å²) in [5.74, 6) is 0. The maximum Gasteiger partial charge on any atom is 0.181 e. The highest BCUT2D eigenvalue weighted by Crippen LogP contribution is 2.03. The Bertz CT molecular complexity index is 330. The van der Waals surface area contributed by atoms with E-state index >= 15 is 0 Å². The second-order valence-corrected chi connectivity index (χ2v) is 4.49. The van der Waals surface area contributed by atoms with Crippen LogP contribution in [-0.4, -0.2) is 49.0 Å². The summed E-state index contributed by atoms with van der Waals surface area (Å²) in [4.78, 5) is 0. The standard InChI is InChI=1S/C15H25NO4/c1-2-14(11-17)20-15(12-18)19-9-8-16-10-13-6-4-3-5-7-13/h3-7,14-18H,2,8-12H2,1H3. The van der Waals surface area contributed by atoms with Crippen LogP contribution in [0.15, 0.2) is 30.3 Å². The summed E-state index contributed by atoms with van der Waals surface area (Å²) in [6.07, 6.45) is -0.280. The van der Waals surface area contributed by atoms with Crippen LogP contribution in [0.1, 0.15) is 18.9 Å². The number of nitrogens with one attached hydrogen (secondary N) is 1. The molecule has 1 aromatic carbocycles. The van der Waals surface area contributed by atoms with Gasteiger partial charge in [0.2, 0.25) is 0 Å². The summed E-state index contributed by atoms with van der Waals surface area (Å²) in [6, 6.07) is 10.1. The maximum absolute atomic E-state index is 9.15. The van der Waals surface area contributed by atoms with Crippen molar-refractivity contribution in [2.75, 3.05) is 26.4 Å². The SMILES string of the molecule is CCC(CO)OC(CO)OCCNCc1ccccc1. The van der Waals surface area contributed by atoms with Gasteiger partial charge in [0.25, 0.3) is 0 Å². The molecule has 0 aliphatic rings. The van der Waals surface area contributed by atoms with Gasteiger partial charge in [0.05, 0.1) is 25.9 Å². The second kappa shape index (κ2) is 10.8. The molecule has 20 heavy (non-hydrogen) atoms. The highest BCUT2D eigenvalue weighted by Gasteiger charge is 2.14. The van der Waals surface area contributed by atoms with Crippen LogP contribution in [0.2, 0.25) is 0 Å². The van der Waals surface area contributed by atoms with Gasteiger partial charge in [-0.25, -0.2) is 0 Å². The zero-order chi connectivity index (χ0) is 14.6. The van der Waals surface area contributed by atoms with Gasteiger partial charge in [-0.15, -0.1) is 0 Å². The van der Waals surface area contributed by atoms with E-state index in [0.29, 0.717) is 19.6 Å². The predicted molar refractivity (Wildman–Crippen MR) is 77.2 cm³/mol. The summed E-state index contributed by atoms with van der Waals surface area (Å²) in [5, 5.41) is 21.4. The molecule has 0 spiro atoms. The number of aliphatic hydroxyl groups is 2. The zero-order valence-corrected chi connectivity index (χ0v) is 12.0. The van der Waals surface area contributed by atoms with Crippen molar-refractivity contribution in [3.8, 4) is 0 Å². The molecular weight excluding hydrogens is 258 g/mol. The Labute approximate surface area is 120 Å². The summed E-state index contributed by atoms with van der Waals surface area (Å²) >= 11 is 0. The van der Waals surface area contributed by atoms with Gasteiger partial charge in [-0.05, 0) is 12.0 Å². The Morgan fingerprint density at radius 2 is 1.90 bits per heavy atom. The molecule has 5 heteroatoms. The Balaban J connectivity index is 2.12. The highest BCUT2D eigenvalue weighted by atomic mass is 16.7. The first-order chi connectivity index (χ1) is 9.80. The molecule has 0 aromatic heterocycles. The lowest BCUT2D eigenvalue weighted by Gasteiger charge is -2.21. The minimum atomic E-state index is -0.675. The highest BCUT2D eigenvalue weighted by molar-refractivity contribution is 5.14. The molecule has 0 saturated carbocycles. The molecule has 0 aliphatic heterocycles. The fourth-order valence-electron chi connectivity index (χ4n) is 1.71. The van der Waals surface area contributed by atoms with Gasteiger partial charge in [0.1, 0.15) is 0 Å². The van der Waals surface area contributed by atoms with E-state index in [0.717, 1.165) is 6.54 Å². The molecule has 0 radical (unpaired) electrons. The van der Waals surface area contributed by atoms with E-state index in [2.05, 4.69) is 17.4 Å². The van der Waals surface area contributed by atoms with Crippen LogP contribution in [-0.2, 0) is 16.0 Å². The van der Waals surface area contributed by atoms with E-state index in [1.54, 1.807) is 0 Å². The minimum absolute atomic E-state index is 0.0668. The predicted octanol–water partition coefficient (Wildman–Crippen LogP) is 0.899. The van der Waals surface area contributed by atoms with Crippen molar-refractivity contribution < 1.29 is 19.7 Å². The van der Waals surface area contributed by atoms with Gasteiger partial charge in [0, 0.05) is 13.1 Å². The third-order valence-corrected chi connectivity index (χ3v) is 2.91. The summed E-state index contributed by atoms with van der Waals surface area (Å²) < 4.78 is 10.8. The van der Waals surface area contributed by atoms with E-state index in [-0.39, 0.29) is 19.3 Å². The number of hydrogen-bond acceptors (Lipinski definition) is 5. The first-order valence-electron chi connectivity index (χ1n) is 7.03. The van der Waals surface area contributed by atoms with Crippen LogP contribution in [0.5, 0.6) is 0 Å². The van der Waals surface area contributed by atoms with Crippen molar-refractivity contribution in [3.05, 3.63) is 35.9 Å². The van der Waals surface area contributed by atoms with Gasteiger partial charge in [-0.1, -0.05) is 37.3 Å². The molecule has 0 saturated heterocycles. The molecule has 114 valence electrons. The third kappa shape index (κ3) is 6.98. The summed E-state index contributed by atoms with van der Waals surface area (Å²) in [5.41, 5.74) is 1.22. The number of benzene rings is 1. The Morgan fingerprint density at radius 1 is 1.15 bits per heavy atom. The number of ether oxygens (including phenoxy) is 2. The van der Waals surface area contributed by atoms with Crippen molar-refractivity contribution in [2.24, 2.45) is 0 Å². The quantitative estimate of drug-likeness (QED) is 0.416. The molecule has 0 fully saturated rings. The van der Waals surface area contributed by atoms with Crippen LogP contribution in [0.4, 0.5) is 0 Å². The van der Waals surface area contributed by atoms with E-state index in [1.165, 1.54) is 5.56 Å². The van der Waals surface area contributed by atoms with Crippen LogP contribution < -0.4 is 5.32 Å². The Kier molecular flexibility index (Phi) is 9.19. The van der Waals surface area contributed by atoms with E-state index in [1.807, 2.05) is 25.1 Å². The lowest BCUT2D eigenvalue weighted by Crippen LogP contribution is -2.31. The molecule has 0 bridgehead atoms. The third-order valence-electron chi connectivity index (χ3n) is 2.91. The summed E-state index contributed by atoms with van der Waals surface area (Å²) in [7, 11) is 0. The van der Waals surface area contributed by atoms with Crippen molar-refractivity contribution in [1.82, 2.24) is 5.32 Å². The first-order valence-corrected chi connectivity index (χ1v) is 7.03. The van der Waals surface area contributed by atoms with Crippen molar-refractivity contribution in [3.63, 3.8) is 0 Å². The fourth-order valence-corrected chi connectivity index (χ4v) is 1.71. The fraction of sp³-hybridized carbons (Fsp3) is 0.600. The van der Waals surface area contributed by atoms with Crippen molar-refractivity contribution in [2.45, 2.75) is 32.3 Å². The molecule has 3 N–H and O–H groups in total. The largest absolute Gasteiger partial charge is 0.394 e. The Hall–Kier alpha value is -0.980. The van der Waals surface area contributed by atoms with Crippen LogP contribution in [0.25, 0.3) is 0 Å². The van der Waals surface area contributed by atoms with E-state index in [9.17, 15) is 0 Å². The van der Waals surface area contributed by atoms with Crippen molar-refractivity contribution in [1.29, 1.82) is 0 Å². The smallest absolute Gasteiger partial charge is 0.181 e. The lowest BCUT2D eigenvalue weighted by atomic mass is 10.2. The Morgan fingerprint density at radius 3 is 2.50 bits per heavy atom. The number of aliphatic hydroxyl groups excluding tert-OH is 2. The van der Waals surface area contributed by atoms with Gasteiger partial charge < -0.3 is 25.0 Å². The molecular formula is C15H25NO4. The summed E-state index contributed by atoms with van der Waals surface area (Å²) in [6.45, 7) is 3.53. The van der Waals surface area contributed by atoms with Gasteiger partial charge in [0.15, 0.2) is 6.29 Å². The minimum Gasteiger partial charge on any atom is -0.394 e. The van der Waals surface area contributed by atoms with Crippen LogP contribution >= 0.6 is 0 Å². The van der Waals surface area contributed by atoms with Gasteiger partial charge in [-0.3, -0.25) is 0 Å².